The summed E-state index contributed by atoms with van der Waals surface area (Å²) in [5, 5.41) is 1.10. The maximum atomic E-state index is 13.2. The van der Waals surface area contributed by atoms with Gasteiger partial charge in [0.1, 0.15) is 5.82 Å². The van der Waals surface area contributed by atoms with Crippen LogP contribution in [0.15, 0.2) is 54.7 Å². The summed E-state index contributed by atoms with van der Waals surface area (Å²) in [6, 6.07) is 16.0. The number of H-pyrrole nitrogens is 1. The first-order chi connectivity index (χ1) is 12.7. The molecular weight excluding hydrogens is 324 g/mol. The van der Waals surface area contributed by atoms with Gasteiger partial charge >= 0.3 is 0 Å². The van der Waals surface area contributed by atoms with E-state index in [-0.39, 0.29) is 11.9 Å². The van der Waals surface area contributed by atoms with Crippen LogP contribution in [0.1, 0.15) is 35.1 Å². The molecule has 0 unspecified atom stereocenters. The molecule has 1 aliphatic heterocycles. The van der Waals surface area contributed by atoms with Crippen LogP contribution in [-0.2, 0) is 7.05 Å². The molecule has 5 nitrogen and oxygen atoms in total. The molecule has 5 rings (SSSR count). The molecular formula is C21H20N4O. The van der Waals surface area contributed by atoms with E-state index in [9.17, 15) is 4.79 Å². The summed E-state index contributed by atoms with van der Waals surface area (Å²) in [5.74, 6) is 0.969. The molecule has 26 heavy (non-hydrogen) atoms. The van der Waals surface area contributed by atoms with Crippen LogP contribution in [0, 0.1) is 0 Å². The highest BCUT2D eigenvalue weighted by Crippen LogP contribution is 2.33. The summed E-state index contributed by atoms with van der Waals surface area (Å²) < 4.78 is 2.07. The Kier molecular flexibility index (Phi) is 3.35. The molecule has 5 heteroatoms. The Balaban J connectivity index is 1.49. The van der Waals surface area contributed by atoms with Crippen LogP contribution in [-0.4, -0.2) is 31.9 Å². The largest absolute Gasteiger partial charge is 0.351 e. The molecule has 1 aliphatic rings. The van der Waals surface area contributed by atoms with Crippen molar-refractivity contribution in [3.63, 3.8) is 0 Å². The fourth-order valence-corrected chi connectivity index (χ4v) is 4.00. The standard InChI is InChI=1S/C21H20N4O/c1-24-12-10-14-13-15(8-9-18(14)24)21(26)25-11-4-7-19(25)20-22-16-5-2-3-6-17(16)23-20/h2-3,5-6,8-10,12-13,19H,4,7,11H2,1H3,(H,22,23)/t19-/m0/s1. The number of carbonyl (C=O) groups excluding carboxylic acids is 1. The van der Waals surface area contributed by atoms with E-state index in [0.717, 1.165) is 52.7 Å². The second-order valence-corrected chi connectivity index (χ2v) is 7.00. The highest BCUT2D eigenvalue weighted by Gasteiger charge is 2.32. The number of benzene rings is 2. The van der Waals surface area contributed by atoms with Gasteiger partial charge in [-0.2, -0.15) is 0 Å². The molecule has 2 aromatic carbocycles. The zero-order valence-electron chi connectivity index (χ0n) is 14.6. The molecule has 2 aromatic heterocycles. The Bertz CT molecular complexity index is 1090. The molecule has 1 N–H and O–H groups in total. The van der Waals surface area contributed by atoms with E-state index in [4.69, 9.17) is 4.98 Å². The van der Waals surface area contributed by atoms with Gasteiger partial charge in [0.25, 0.3) is 5.91 Å². The monoisotopic (exact) mass is 344 g/mol. The molecule has 0 saturated carbocycles. The second-order valence-electron chi connectivity index (χ2n) is 7.00. The zero-order valence-corrected chi connectivity index (χ0v) is 14.6. The summed E-state index contributed by atoms with van der Waals surface area (Å²) in [4.78, 5) is 23.3. The first kappa shape index (κ1) is 15.2. The fourth-order valence-electron chi connectivity index (χ4n) is 4.00. The van der Waals surface area contributed by atoms with Crippen molar-refractivity contribution < 1.29 is 4.79 Å². The van der Waals surface area contributed by atoms with Gasteiger partial charge in [-0.05, 0) is 49.2 Å². The quantitative estimate of drug-likeness (QED) is 0.597. The van der Waals surface area contributed by atoms with Gasteiger partial charge in [0.15, 0.2) is 0 Å². The number of rotatable bonds is 2. The van der Waals surface area contributed by atoms with Crippen molar-refractivity contribution in [2.24, 2.45) is 7.05 Å². The van der Waals surface area contributed by atoms with Gasteiger partial charge in [0.05, 0.1) is 17.1 Å². The molecule has 4 aromatic rings. The minimum Gasteiger partial charge on any atom is -0.351 e. The second kappa shape index (κ2) is 5.73. The number of nitrogens with one attached hydrogen (secondary N) is 1. The third-order valence-corrected chi connectivity index (χ3v) is 5.37. The molecule has 1 fully saturated rings. The number of carbonyl (C=O) groups is 1. The Morgan fingerprint density at radius 3 is 2.96 bits per heavy atom. The molecule has 0 aliphatic carbocycles. The highest BCUT2D eigenvalue weighted by atomic mass is 16.2. The third kappa shape index (κ3) is 2.31. The predicted molar refractivity (Wildman–Crippen MR) is 102 cm³/mol. The van der Waals surface area contributed by atoms with E-state index < -0.39 is 0 Å². The maximum Gasteiger partial charge on any atom is 0.254 e. The predicted octanol–water partition coefficient (Wildman–Crippen LogP) is 4.03. The Morgan fingerprint density at radius 2 is 2.08 bits per heavy atom. The summed E-state index contributed by atoms with van der Waals surface area (Å²) in [6.45, 7) is 0.771. The van der Waals surface area contributed by atoms with Gasteiger partial charge in [0, 0.05) is 36.3 Å². The van der Waals surface area contributed by atoms with Crippen molar-refractivity contribution in [1.29, 1.82) is 0 Å². The molecule has 0 bridgehead atoms. The lowest BCUT2D eigenvalue weighted by atomic mass is 10.1. The van der Waals surface area contributed by atoms with E-state index >= 15 is 0 Å². The number of hydrogen-bond donors (Lipinski definition) is 1. The zero-order chi connectivity index (χ0) is 17.7. The number of aryl methyl sites for hydroxylation is 1. The molecule has 0 spiro atoms. The molecule has 1 atom stereocenters. The number of nitrogens with zero attached hydrogens (tertiary/aromatic N) is 3. The number of amides is 1. The lowest BCUT2D eigenvalue weighted by Gasteiger charge is -2.23. The summed E-state index contributed by atoms with van der Waals surface area (Å²) in [6.07, 6.45) is 3.96. The van der Waals surface area contributed by atoms with Crippen molar-refractivity contribution >= 4 is 27.8 Å². The number of imidazole rings is 1. The normalized spacial score (nSPS) is 17.4. The molecule has 1 saturated heterocycles. The number of fused-ring (bicyclic) bond motifs is 2. The van der Waals surface area contributed by atoms with E-state index in [1.54, 1.807) is 0 Å². The van der Waals surface area contributed by atoms with Crippen molar-refractivity contribution in [2.45, 2.75) is 18.9 Å². The third-order valence-electron chi connectivity index (χ3n) is 5.37. The van der Waals surface area contributed by atoms with E-state index in [2.05, 4.69) is 9.55 Å². The number of aromatic amines is 1. The van der Waals surface area contributed by atoms with Crippen LogP contribution in [0.4, 0.5) is 0 Å². The fraction of sp³-hybridized carbons (Fsp3) is 0.238. The number of hydrogen-bond acceptors (Lipinski definition) is 2. The van der Waals surface area contributed by atoms with Crippen LogP contribution in [0.5, 0.6) is 0 Å². The van der Waals surface area contributed by atoms with Crippen LogP contribution in [0.25, 0.3) is 21.9 Å². The van der Waals surface area contributed by atoms with Crippen molar-refractivity contribution in [3.05, 3.63) is 66.1 Å². The van der Waals surface area contributed by atoms with Crippen LogP contribution in [0.3, 0.4) is 0 Å². The van der Waals surface area contributed by atoms with Crippen LogP contribution >= 0.6 is 0 Å². The molecule has 1 amide bonds. The highest BCUT2D eigenvalue weighted by molar-refractivity contribution is 5.98. The van der Waals surface area contributed by atoms with Gasteiger partial charge in [-0.1, -0.05) is 12.1 Å². The topological polar surface area (TPSA) is 53.9 Å². The number of aromatic nitrogens is 3. The average molecular weight is 344 g/mol. The first-order valence-electron chi connectivity index (χ1n) is 9.01. The molecule has 0 radical (unpaired) electrons. The average Bonchev–Trinajstić information content (AvgIpc) is 3.38. The van der Waals surface area contributed by atoms with E-state index in [1.807, 2.05) is 66.7 Å². The smallest absolute Gasteiger partial charge is 0.254 e. The van der Waals surface area contributed by atoms with Gasteiger partial charge < -0.3 is 14.5 Å². The lowest BCUT2D eigenvalue weighted by Crippen LogP contribution is -2.31. The van der Waals surface area contributed by atoms with Crippen molar-refractivity contribution in [1.82, 2.24) is 19.4 Å². The summed E-state index contributed by atoms with van der Waals surface area (Å²) in [5.41, 5.74) is 3.85. The summed E-state index contributed by atoms with van der Waals surface area (Å²) >= 11 is 0. The van der Waals surface area contributed by atoms with Gasteiger partial charge in [-0.25, -0.2) is 4.98 Å². The van der Waals surface area contributed by atoms with Crippen LogP contribution in [0.2, 0.25) is 0 Å². The minimum atomic E-state index is 0.0152. The van der Waals surface area contributed by atoms with Gasteiger partial charge in [-0.3, -0.25) is 4.79 Å². The Morgan fingerprint density at radius 1 is 1.19 bits per heavy atom. The SMILES string of the molecule is Cn1ccc2cc(C(=O)N3CCC[C@H]3c3nc4ccccc4[nH]3)ccc21. The van der Waals surface area contributed by atoms with Crippen LogP contribution < -0.4 is 0 Å². The van der Waals surface area contributed by atoms with Crippen molar-refractivity contribution in [3.8, 4) is 0 Å². The van der Waals surface area contributed by atoms with Crippen molar-refractivity contribution in [2.75, 3.05) is 6.54 Å². The van der Waals surface area contributed by atoms with E-state index in [1.165, 1.54) is 0 Å². The van der Waals surface area contributed by atoms with Gasteiger partial charge in [-0.15, -0.1) is 0 Å². The lowest BCUT2D eigenvalue weighted by molar-refractivity contribution is 0.0730. The summed E-state index contributed by atoms with van der Waals surface area (Å²) in [7, 11) is 2.02. The number of likely N-dealkylation sites (tertiary alicyclic amines) is 1. The Hall–Kier alpha value is -3.08. The van der Waals surface area contributed by atoms with Gasteiger partial charge in [0.2, 0.25) is 0 Å². The Labute approximate surface area is 151 Å². The maximum absolute atomic E-state index is 13.2. The minimum absolute atomic E-state index is 0.0152. The van der Waals surface area contributed by atoms with E-state index in [0.29, 0.717) is 0 Å². The first-order valence-corrected chi connectivity index (χ1v) is 9.01. The number of para-hydroxylation sites is 2. The molecule has 3 heterocycles. The molecule has 130 valence electrons.